The molecule has 0 saturated carbocycles. The monoisotopic (exact) mass is 395 g/mol. The van der Waals surface area contributed by atoms with Gasteiger partial charge >= 0.3 is 6.09 Å². The van der Waals surface area contributed by atoms with Crippen molar-refractivity contribution in [2.45, 2.75) is 18.9 Å². The second-order valence-corrected chi connectivity index (χ2v) is 7.31. The number of methoxy groups -OCH3 is 1. The summed E-state index contributed by atoms with van der Waals surface area (Å²) in [6, 6.07) is 14.1. The van der Waals surface area contributed by atoms with Crippen molar-refractivity contribution in [3.8, 4) is 11.5 Å². The van der Waals surface area contributed by atoms with Crippen LogP contribution >= 0.6 is 0 Å². The minimum absolute atomic E-state index is 0.262. The van der Waals surface area contributed by atoms with E-state index in [4.69, 9.17) is 9.47 Å². The number of nitrogens with zero attached hydrogens (tertiary/aromatic N) is 2. The molecular weight excluding hydrogens is 370 g/mol. The number of amides is 2. The van der Waals surface area contributed by atoms with Crippen molar-refractivity contribution in [1.29, 1.82) is 0 Å². The Morgan fingerprint density at radius 1 is 0.966 bits per heavy atom. The molecule has 2 bridgehead atoms. The number of rotatable bonds is 4. The number of carbonyl (C=O) groups is 2. The molecule has 3 aliphatic rings. The van der Waals surface area contributed by atoms with Gasteiger partial charge in [-0.2, -0.15) is 0 Å². The third-order valence-electron chi connectivity index (χ3n) is 5.56. The van der Waals surface area contributed by atoms with Crippen molar-refractivity contribution >= 4 is 17.7 Å². The molecule has 3 saturated heterocycles. The molecule has 7 nitrogen and oxygen atoms in total. The summed E-state index contributed by atoms with van der Waals surface area (Å²) >= 11 is 0. The summed E-state index contributed by atoms with van der Waals surface area (Å²) in [6.45, 7) is 3.71. The van der Waals surface area contributed by atoms with Crippen LogP contribution in [0.15, 0.2) is 48.5 Å². The van der Waals surface area contributed by atoms with Gasteiger partial charge in [-0.1, -0.05) is 12.1 Å². The summed E-state index contributed by atoms with van der Waals surface area (Å²) in [5.74, 6) is 0.713. The lowest BCUT2D eigenvalue weighted by atomic mass is 10.1. The van der Waals surface area contributed by atoms with Crippen molar-refractivity contribution in [1.82, 2.24) is 9.80 Å². The van der Waals surface area contributed by atoms with Crippen LogP contribution in [0.5, 0.6) is 11.5 Å². The fraction of sp³-hybridized carbons (Fsp3) is 0.364. The maximum atomic E-state index is 12.6. The molecule has 2 aromatic carbocycles. The first kappa shape index (κ1) is 19.3. The first-order chi connectivity index (χ1) is 14.1. The predicted octanol–water partition coefficient (Wildman–Crippen LogP) is 3.23. The second kappa shape index (κ2) is 8.53. The van der Waals surface area contributed by atoms with E-state index in [1.807, 2.05) is 11.0 Å². The zero-order chi connectivity index (χ0) is 20.2. The van der Waals surface area contributed by atoms with Crippen LogP contribution in [0, 0.1) is 0 Å². The Balaban J connectivity index is 1.38. The van der Waals surface area contributed by atoms with Gasteiger partial charge in [0.05, 0.1) is 12.7 Å². The van der Waals surface area contributed by atoms with Gasteiger partial charge in [0.15, 0.2) is 0 Å². The summed E-state index contributed by atoms with van der Waals surface area (Å²) in [4.78, 5) is 29.4. The van der Waals surface area contributed by atoms with E-state index < -0.39 is 0 Å². The Labute approximate surface area is 170 Å². The van der Waals surface area contributed by atoms with Gasteiger partial charge in [0.2, 0.25) is 0 Å². The standard InChI is InChI=1S/C22H25N3O4/c1-28-20-5-3-2-4-19(20)21(26)23-16-6-8-18(9-7-16)29-22(27)25-15-14-24-12-10-17(25)11-13-24/h2-9,17H,10-15H2,1H3,(H,23,26). The Kier molecular flexibility index (Phi) is 5.67. The quantitative estimate of drug-likeness (QED) is 0.861. The smallest absolute Gasteiger partial charge is 0.415 e. The van der Waals surface area contributed by atoms with E-state index in [1.165, 1.54) is 7.11 Å². The molecule has 0 spiro atoms. The molecule has 0 radical (unpaired) electrons. The Bertz CT molecular complexity index is 876. The topological polar surface area (TPSA) is 71.1 Å². The molecule has 2 aromatic rings. The maximum Gasteiger partial charge on any atom is 0.415 e. The van der Waals surface area contributed by atoms with E-state index in [0.29, 0.717) is 29.3 Å². The first-order valence-corrected chi connectivity index (χ1v) is 9.89. The van der Waals surface area contributed by atoms with Crippen LogP contribution in [0.4, 0.5) is 10.5 Å². The number of nitrogens with one attached hydrogen (secondary N) is 1. The van der Waals surface area contributed by atoms with Gasteiger partial charge in [-0.15, -0.1) is 0 Å². The zero-order valence-corrected chi connectivity index (χ0v) is 16.5. The molecule has 29 heavy (non-hydrogen) atoms. The number of carbonyl (C=O) groups excluding carboxylic acids is 2. The van der Waals surface area contributed by atoms with Crippen LogP contribution < -0.4 is 14.8 Å². The number of para-hydroxylation sites is 1. The fourth-order valence-electron chi connectivity index (χ4n) is 3.92. The SMILES string of the molecule is COc1ccccc1C(=O)Nc1ccc(OC(=O)N2CCN3CCC2CC3)cc1. The Hall–Kier alpha value is -3.06. The number of ether oxygens (including phenoxy) is 2. The van der Waals surface area contributed by atoms with E-state index in [1.54, 1.807) is 42.5 Å². The summed E-state index contributed by atoms with van der Waals surface area (Å²) < 4.78 is 10.8. The van der Waals surface area contributed by atoms with Crippen LogP contribution in [-0.4, -0.2) is 61.1 Å². The molecule has 0 unspecified atom stereocenters. The number of anilines is 1. The Morgan fingerprint density at radius 3 is 2.41 bits per heavy atom. The van der Waals surface area contributed by atoms with Gasteiger partial charge in [-0.25, -0.2) is 4.79 Å². The number of fused-ring (bicyclic) bond motifs is 4. The Morgan fingerprint density at radius 2 is 1.69 bits per heavy atom. The largest absolute Gasteiger partial charge is 0.496 e. The van der Waals surface area contributed by atoms with Crippen LogP contribution in [0.1, 0.15) is 23.2 Å². The van der Waals surface area contributed by atoms with Crippen molar-refractivity contribution in [3.63, 3.8) is 0 Å². The van der Waals surface area contributed by atoms with E-state index in [9.17, 15) is 9.59 Å². The summed E-state index contributed by atoms with van der Waals surface area (Å²) in [5.41, 5.74) is 1.07. The molecule has 3 fully saturated rings. The first-order valence-electron chi connectivity index (χ1n) is 9.89. The molecule has 3 heterocycles. The fourth-order valence-corrected chi connectivity index (χ4v) is 3.92. The number of hydrogen-bond donors (Lipinski definition) is 1. The molecule has 0 atom stereocenters. The van der Waals surface area contributed by atoms with Crippen molar-refractivity contribution in [2.24, 2.45) is 0 Å². The van der Waals surface area contributed by atoms with Gasteiger partial charge in [0.25, 0.3) is 5.91 Å². The zero-order valence-electron chi connectivity index (χ0n) is 16.5. The molecule has 7 heteroatoms. The highest BCUT2D eigenvalue weighted by atomic mass is 16.6. The molecule has 5 rings (SSSR count). The van der Waals surface area contributed by atoms with Crippen LogP contribution in [0.3, 0.4) is 0 Å². The average Bonchev–Trinajstić information content (AvgIpc) is 3.09. The lowest BCUT2D eigenvalue weighted by molar-refractivity contribution is 0.102. The molecule has 2 amide bonds. The summed E-state index contributed by atoms with van der Waals surface area (Å²) in [7, 11) is 1.53. The second-order valence-electron chi connectivity index (χ2n) is 7.31. The predicted molar refractivity (Wildman–Crippen MR) is 110 cm³/mol. The molecule has 0 aliphatic carbocycles. The van der Waals surface area contributed by atoms with Crippen LogP contribution in [-0.2, 0) is 0 Å². The minimum Gasteiger partial charge on any atom is -0.496 e. The number of piperidine rings is 1. The van der Waals surface area contributed by atoms with Crippen molar-refractivity contribution in [2.75, 3.05) is 38.6 Å². The van der Waals surface area contributed by atoms with Gasteiger partial charge in [-0.05, 0) is 49.2 Å². The van der Waals surface area contributed by atoms with Gasteiger partial charge < -0.3 is 24.6 Å². The van der Waals surface area contributed by atoms with E-state index >= 15 is 0 Å². The highest BCUT2D eigenvalue weighted by Gasteiger charge is 2.32. The highest BCUT2D eigenvalue weighted by molar-refractivity contribution is 6.06. The van der Waals surface area contributed by atoms with Crippen molar-refractivity contribution < 1.29 is 19.1 Å². The van der Waals surface area contributed by atoms with E-state index in [-0.39, 0.29) is 18.0 Å². The van der Waals surface area contributed by atoms with E-state index in [0.717, 1.165) is 32.5 Å². The number of hydrogen-bond acceptors (Lipinski definition) is 5. The van der Waals surface area contributed by atoms with Crippen LogP contribution in [0.25, 0.3) is 0 Å². The van der Waals surface area contributed by atoms with Crippen molar-refractivity contribution in [3.05, 3.63) is 54.1 Å². The molecule has 3 aliphatic heterocycles. The normalized spacial score (nSPS) is 20.7. The average molecular weight is 395 g/mol. The third-order valence-corrected chi connectivity index (χ3v) is 5.56. The summed E-state index contributed by atoms with van der Waals surface area (Å²) in [6.07, 6.45) is 1.70. The number of benzene rings is 2. The lowest BCUT2D eigenvalue weighted by Gasteiger charge is -2.30. The lowest BCUT2D eigenvalue weighted by Crippen LogP contribution is -2.43. The maximum absolute atomic E-state index is 12.6. The van der Waals surface area contributed by atoms with Crippen LogP contribution in [0.2, 0.25) is 0 Å². The van der Waals surface area contributed by atoms with E-state index in [2.05, 4.69) is 10.2 Å². The molecule has 0 aromatic heterocycles. The minimum atomic E-state index is -0.301. The molecule has 152 valence electrons. The molecule has 1 N–H and O–H groups in total. The highest BCUT2D eigenvalue weighted by Crippen LogP contribution is 2.24. The third kappa shape index (κ3) is 4.35. The van der Waals surface area contributed by atoms with Gasteiger partial charge in [-0.3, -0.25) is 4.79 Å². The van der Waals surface area contributed by atoms with Gasteiger partial charge in [0.1, 0.15) is 11.5 Å². The van der Waals surface area contributed by atoms with Gasteiger partial charge in [0, 0.05) is 37.9 Å². The molecular formula is C22H25N3O4. The summed E-state index contributed by atoms with van der Waals surface area (Å²) in [5, 5.41) is 2.83.